The number of carbonyl (C=O) groups excluding carboxylic acids is 1. The third kappa shape index (κ3) is 5.97. The molecule has 0 fully saturated rings. The number of benzene rings is 2. The standard InChI is InChI=1S/C23H24Cl2N4O4/c1-2-3-11-28-21(26)20(22(31)27-23(28)32)29(13-15-7-5-4-6-8-15)19(30)14-33-18-12-16(24)9-10-17(18)25/h4-10,12H,2-3,11,13-14,26H2,1H3,(H,27,31,32). The van der Waals surface area contributed by atoms with Crippen molar-refractivity contribution in [2.75, 3.05) is 17.2 Å². The van der Waals surface area contributed by atoms with Gasteiger partial charge in [0.05, 0.1) is 11.6 Å². The maximum atomic E-state index is 13.3. The van der Waals surface area contributed by atoms with Crippen molar-refractivity contribution in [2.45, 2.75) is 32.9 Å². The molecular formula is C23H24Cl2N4O4. The Morgan fingerprint density at radius 3 is 2.58 bits per heavy atom. The van der Waals surface area contributed by atoms with E-state index >= 15 is 0 Å². The highest BCUT2D eigenvalue weighted by molar-refractivity contribution is 6.34. The third-order valence-electron chi connectivity index (χ3n) is 4.95. The van der Waals surface area contributed by atoms with E-state index in [0.717, 1.165) is 12.0 Å². The van der Waals surface area contributed by atoms with E-state index in [1.54, 1.807) is 12.1 Å². The van der Waals surface area contributed by atoms with Gasteiger partial charge in [0.2, 0.25) is 0 Å². The Bertz CT molecular complexity index is 1240. The van der Waals surface area contributed by atoms with Gasteiger partial charge < -0.3 is 10.5 Å². The van der Waals surface area contributed by atoms with Gasteiger partial charge in [-0.2, -0.15) is 0 Å². The largest absolute Gasteiger partial charge is 0.482 e. The van der Waals surface area contributed by atoms with Crippen molar-refractivity contribution in [3.63, 3.8) is 0 Å². The van der Waals surface area contributed by atoms with Gasteiger partial charge in [0.25, 0.3) is 11.5 Å². The number of rotatable bonds is 9. The van der Waals surface area contributed by atoms with Crippen LogP contribution in [0, 0.1) is 0 Å². The van der Waals surface area contributed by atoms with Gasteiger partial charge in [-0.1, -0.05) is 66.9 Å². The number of nitrogen functional groups attached to an aromatic ring is 1. The van der Waals surface area contributed by atoms with Crippen LogP contribution in [0.3, 0.4) is 0 Å². The number of halogens is 2. The van der Waals surface area contributed by atoms with Gasteiger partial charge in [-0.05, 0) is 24.1 Å². The van der Waals surface area contributed by atoms with Crippen LogP contribution in [0.1, 0.15) is 25.3 Å². The molecule has 0 unspecified atom stereocenters. The lowest BCUT2D eigenvalue weighted by Gasteiger charge is -2.25. The zero-order chi connectivity index (χ0) is 24.0. The maximum absolute atomic E-state index is 13.3. The van der Waals surface area contributed by atoms with E-state index in [1.165, 1.54) is 15.5 Å². The van der Waals surface area contributed by atoms with Crippen LogP contribution in [-0.2, 0) is 17.9 Å². The van der Waals surface area contributed by atoms with Gasteiger partial charge in [-0.25, -0.2) is 4.79 Å². The molecule has 174 valence electrons. The molecule has 1 heterocycles. The number of amides is 1. The number of unbranched alkanes of at least 4 members (excludes halogenated alkanes) is 1. The second kappa shape index (κ2) is 11.1. The van der Waals surface area contributed by atoms with E-state index in [1.807, 2.05) is 37.3 Å². The fourth-order valence-corrected chi connectivity index (χ4v) is 3.57. The SMILES string of the molecule is CCCCn1c(N)c(N(Cc2ccccc2)C(=O)COc2cc(Cl)ccc2Cl)c(=O)[nH]c1=O. The number of nitrogens with one attached hydrogen (secondary N) is 1. The normalized spacial score (nSPS) is 10.8. The third-order valence-corrected chi connectivity index (χ3v) is 5.50. The van der Waals surface area contributed by atoms with Crippen LogP contribution in [-0.4, -0.2) is 22.1 Å². The molecule has 1 amide bonds. The smallest absolute Gasteiger partial charge is 0.330 e. The number of carbonyl (C=O) groups is 1. The molecule has 0 atom stereocenters. The molecule has 10 heteroatoms. The van der Waals surface area contributed by atoms with E-state index in [4.69, 9.17) is 33.7 Å². The summed E-state index contributed by atoms with van der Waals surface area (Å²) in [6.07, 6.45) is 1.50. The Morgan fingerprint density at radius 1 is 1.15 bits per heavy atom. The highest BCUT2D eigenvalue weighted by atomic mass is 35.5. The van der Waals surface area contributed by atoms with Crippen LogP contribution >= 0.6 is 23.2 Å². The average molecular weight is 491 g/mol. The summed E-state index contributed by atoms with van der Waals surface area (Å²) in [7, 11) is 0. The summed E-state index contributed by atoms with van der Waals surface area (Å²) in [6.45, 7) is 1.90. The molecule has 1 aromatic heterocycles. The Morgan fingerprint density at radius 2 is 1.88 bits per heavy atom. The number of hydrogen-bond donors (Lipinski definition) is 2. The minimum atomic E-state index is -0.754. The lowest BCUT2D eigenvalue weighted by molar-refractivity contribution is -0.120. The number of hydrogen-bond acceptors (Lipinski definition) is 5. The number of nitrogens with two attached hydrogens (primary N) is 1. The number of H-pyrrole nitrogens is 1. The van der Waals surface area contributed by atoms with Crippen LogP contribution in [0.25, 0.3) is 0 Å². The Kier molecular flexibility index (Phi) is 8.19. The molecule has 3 N–H and O–H groups in total. The van der Waals surface area contributed by atoms with Crippen molar-refractivity contribution in [1.29, 1.82) is 0 Å². The van der Waals surface area contributed by atoms with E-state index < -0.39 is 23.8 Å². The number of ether oxygens (including phenoxy) is 1. The first-order valence-electron chi connectivity index (χ1n) is 10.4. The van der Waals surface area contributed by atoms with Crippen LogP contribution in [0.5, 0.6) is 5.75 Å². The number of aromatic amines is 1. The lowest BCUT2D eigenvalue weighted by Crippen LogP contribution is -2.42. The van der Waals surface area contributed by atoms with E-state index in [0.29, 0.717) is 18.0 Å². The summed E-state index contributed by atoms with van der Waals surface area (Å²) in [5, 5.41) is 0.680. The van der Waals surface area contributed by atoms with Gasteiger partial charge in [0.1, 0.15) is 11.6 Å². The first kappa shape index (κ1) is 24.4. The predicted octanol–water partition coefficient (Wildman–Crippen LogP) is 3.84. The quantitative estimate of drug-likeness (QED) is 0.473. The number of anilines is 2. The fourth-order valence-electron chi connectivity index (χ4n) is 3.24. The molecule has 0 aliphatic heterocycles. The monoisotopic (exact) mass is 490 g/mol. The fraction of sp³-hybridized carbons (Fsp3) is 0.261. The Balaban J connectivity index is 1.99. The van der Waals surface area contributed by atoms with Gasteiger partial charge in [-0.15, -0.1) is 0 Å². The molecule has 0 bridgehead atoms. The minimum absolute atomic E-state index is 0.0472. The van der Waals surface area contributed by atoms with Crippen molar-refractivity contribution in [1.82, 2.24) is 9.55 Å². The number of nitrogens with zero attached hydrogens (tertiary/aromatic N) is 2. The predicted molar refractivity (Wildman–Crippen MR) is 130 cm³/mol. The Hall–Kier alpha value is -3.23. The average Bonchev–Trinajstić information content (AvgIpc) is 2.79. The molecule has 0 aliphatic rings. The van der Waals surface area contributed by atoms with Crippen molar-refractivity contribution in [2.24, 2.45) is 0 Å². The molecule has 3 aromatic rings. The van der Waals surface area contributed by atoms with E-state index in [2.05, 4.69) is 4.98 Å². The molecule has 0 saturated heterocycles. The zero-order valence-corrected chi connectivity index (χ0v) is 19.5. The second-order valence-corrected chi connectivity index (χ2v) is 8.17. The summed E-state index contributed by atoms with van der Waals surface area (Å²) in [5.41, 5.74) is 5.51. The second-order valence-electron chi connectivity index (χ2n) is 7.33. The molecule has 0 saturated carbocycles. The van der Waals surface area contributed by atoms with Crippen molar-refractivity contribution in [3.05, 3.63) is 85.0 Å². The lowest BCUT2D eigenvalue weighted by atomic mass is 10.2. The molecule has 3 rings (SSSR count). The minimum Gasteiger partial charge on any atom is -0.482 e. The molecule has 2 aromatic carbocycles. The molecular weight excluding hydrogens is 467 g/mol. The summed E-state index contributed by atoms with van der Waals surface area (Å²) in [4.78, 5) is 41.8. The van der Waals surface area contributed by atoms with Gasteiger partial charge in [0.15, 0.2) is 12.3 Å². The molecule has 0 radical (unpaired) electrons. The summed E-state index contributed by atoms with van der Waals surface area (Å²) < 4.78 is 6.85. The summed E-state index contributed by atoms with van der Waals surface area (Å²) in [5.74, 6) is -0.401. The zero-order valence-electron chi connectivity index (χ0n) is 18.0. The first-order valence-corrected chi connectivity index (χ1v) is 11.1. The molecule has 0 spiro atoms. The van der Waals surface area contributed by atoms with Gasteiger partial charge in [-0.3, -0.25) is 24.0 Å². The van der Waals surface area contributed by atoms with Gasteiger partial charge in [0, 0.05) is 17.6 Å². The topological polar surface area (TPSA) is 110 Å². The first-order chi connectivity index (χ1) is 15.8. The Labute approximate surface area is 200 Å². The highest BCUT2D eigenvalue weighted by Crippen LogP contribution is 2.28. The van der Waals surface area contributed by atoms with Crippen molar-refractivity contribution < 1.29 is 9.53 Å². The van der Waals surface area contributed by atoms with Crippen molar-refractivity contribution in [3.8, 4) is 5.75 Å². The molecule has 8 nitrogen and oxygen atoms in total. The van der Waals surface area contributed by atoms with Crippen molar-refractivity contribution >= 4 is 40.6 Å². The van der Waals surface area contributed by atoms with E-state index in [-0.39, 0.29) is 28.8 Å². The van der Waals surface area contributed by atoms with Crippen LogP contribution < -0.4 is 26.6 Å². The van der Waals surface area contributed by atoms with Gasteiger partial charge >= 0.3 is 5.69 Å². The maximum Gasteiger partial charge on any atom is 0.330 e. The summed E-state index contributed by atoms with van der Waals surface area (Å²) >= 11 is 12.1. The van der Waals surface area contributed by atoms with Crippen LogP contribution in [0.4, 0.5) is 11.5 Å². The highest BCUT2D eigenvalue weighted by Gasteiger charge is 2.25. The molecule has 33 heavy (non-hydrogen) atoms. The van der Waals surface area contributed by atoms with Crippen LogP contribution in [0.15, 0.2) is 58.1 Å². The van der Waals surface area contributed by atoms with Crippen LogP contribution in [0.2, 0.25) is 10.0 Å². The summed E-state index contributed by atoms with van der Waals surface area (Å²) in [6, 6.07) is 13.7. The van der Waals surface area contributed by atoms with E-state index in [9.17, 15) is 14.4 Å². The number of aromatic nitrogens is 2. The molecule has 0 aliphatic carbocycles.